The van der Waals surface area contributed by atoms with Crippen LogP contribution in [0.25, 0.3) is 6.08 Å². The lowest BCUT2D eigenvalue weighted by Gasteiger charge is -2.24. The van der Waals surface area contributed by atoms with Crippen molar-refractivity contribution in [3.8, 4) is 5.75 Å². The number of benzene rings is 2. The summed E-state index contributed by atoms with van der Waals surface area (Å²) in [6.45, 7) is 5.78. The summed E-state index contributed by atoms with van der Waals surface area (Å²) in [5.41, 5.74) is 3.50. The van der Waals surface area contributed by atoms with E-state index in [-0.39, 0.29) is 12.2 Å². The van der Waals surface area contributed by atoms with Gasteiger partial charge in [0.05, 0.1) is 40.0 Å². The number of halogens is 1. The molecule has 1 atom stereocenters. The molecule has 170 valence electrons. The van der Waals surface area contributed by atoms with E-state index in [4.69, 9.17) is 9.47 Å². The van der Waals surface area contributed by atoms with Crippen LogP contribution in [0.15, 0.2) is 68.0 Å². The molecule has 33 heavy (non-hydrogen) atoms. The van der Waals surface area contributed by atoms with Gasteiger partial charge in [-0.3, -0.25) is 9.36 Å². The van der Waals surface area contributed by atoms with Crippen LogP contribution in [0.4, 0.5) is 0 Å². The highest BCUT2D eigenvalue weighted by Gasteiger charge is 2.33. The Kier molecular flexibility index (Phi) is 6.67. The maximum Gasteiger partial charge on any atom is 0.338 e. The van der Waals surface area contributed by atoms with E-state index in [2.05, 4.69) is 20.9 Å². The fourth-order valence-corrected chi connectivity index (χ4v) is 5.38. The molecule has 3 aromatic rings. The summed E-state index contributed by atoms with van der Waals surface area (Å²) in [6.07, 6.45) is 1.82. The molecule has 0 saturated carbocycles. The van der Waals surface area contributed by atoms with Crippen LogP contribution in [0.5, 0.6) is 5.75 Å². The number of carbonyl (C=O) groups excluding carboxylic acids is 1. The van der Waals surface area contributed by atoms with Crippen LogP contribution in [0, 0.1) is 6.92 Å². The molecule has 2 heterocycles. The molecule has 2 aromatic carbocycles. The lowest BCUT2D eigenvalue weighted by molar-refractivity contribution is -0.139. The summed E-state index contributed by atoms with van der Waals surface area (Å²) in [7, 11) is 1.60. The summed E-state index contributed by atoms with van der Waals surface area (Å²) >= 11 is 4.79. The van der Waals surface area contributed by atoms with Crippen molar-refractivity contribution in [1.29, 1.82) is 0 Å². The van der Waals surface area contributed by atoms with E-state index in [1.165, 1.54) is 11.3 Å². The molecule has 0 aliphatic carbocycles. The molecule has 1 aliphatic heterocycles. The highest BCUT2D eigenvalue weighted by molar-refractivity contribution is 9.10. The van der Waals surface area contributed by atoms with Crippen LogP contribution < -0.4 is 19.6 Å². The first-order chi connectivity index (χ1) is 15.8. The van der Waals surface area contributed by atoms with Crippen molar-refractivity contribution in [1.82, 2.24) is 4.57 Å². The number of aryl methyl sites for hydroxylation is 1. The number of hydrogen-bond donors (Lipinski definition) is 0. The monoisotopic (exact) mass is 526 g/mol. The third-order valence-electron chi connectivity index (χ3n) is 5.38. The van der Waals surface area contributed by atoms with Crippen molar-refractivity contribution in [3.05, 3.63) is 94.6 Å². The second-order valence-corrected chi connectivity index (χ2v) is 9.47. The second-order valence-electron chi connectivity index (χ2n) is 7.61. The molecule has 8 heteroatoms. The van der Waals surface area contributed by atoms with Gasteiger partial charge < -0.3 is 9.47 Å². The van der Waals surface area contributed by atoms with Crippen molar-refractivity contribution >= 4 is 39.3 Å². The van der Waals surface area contributed by atoms with Gasteiger partial charge in [-0.25, -0.2) is 9.79 Å². The van der Waals surface area contributed by atoms with Crippen LogP contribution >= 0.6 is 27.3 Å². The Morgan fingerprint density at radius 2 is 1.94 bits per heavy atom. The largest absolute Gasteiger partial charge is 0.496 e. The van der Waals surface area contributed by atoms with Crippen molar-refractivity contribution in [2.45, 2.75) is 26.8 Å². The molecule has 0 saturated heterocycles. The maximum atomic E-state index is 13.6. The first-order valence-electron chi connectivity index (χ1n) is 10.4. The van der Waals surface area contributed by atoms with Gasteiger partial charge in [-0.05, 0) is 66.0 Å². The van der Waals surface area contributed by atoms with Crippen LogP contribution in [0.1, 0.15) is 36.6 Å². The quantitative estimate of drug-likeness (QED) is 0.473. The Bertz CT molecular complexity index is 1430. The minimum absolute atomic E-state index is 0.203. The number of hydrogen-bond acceptors (Lipinski definition) is 6. The molecule has 0 spiro atoms. The van der Waals surface area contributed by atoms with Gasteiger partial charge in [0.1, 0.15) is 5.75 Å². The van der Waals surface area contributed by atoms with Gasteiger partial charge in [0.15, 0.2) is 4.80 Å². The molecule has 0 amide bonds. The summed E-state index contributed by atoms with van der Waals surface area (Å²) in [5, 5.41) is 0. The topological polar surface area (TPSA) is 69.9 Å². The van der Waals surface area contributed by atoms with E-state index in [1.54, 1.807) is 25.5 Å². The molecule has 0 fully saturated rings. The summed E-state index contributed by atoms with van der Waals surface area (Å²) < 4.78 is 13.5. The average molecular weight is 527 g/mol. The van der Waals surface area contributed by atoms with Crippen molar-refractivity contribution < 1.29 is 14.3 Å². The van der Waals surface area contributed by atoms with Crippen LogP contribution in [-0.2, 0) is 9.53 Å². The number of allylic oxidation sites excluding steroid dienone is 1. The molecule has 0 N–H and O–H groups in total. The molecule has 1 unspecified atom stereocenters. The van der Waals surface area contributed by atoms with Gasteiger partial charge in [-0.1, -0.05) is 47.2 Å². The Labute approximate surface area is 203 Å². The van der Waals surface area contributed by atoms with E-state index in [9.17, 15) is 9.59 Å². The Morgan fingerprint density at radius 3 is 2.58 bits per heavy atom. The SMILES string of the molecule is CCOC(=O)C1=C(C)N=c2sc(=Cc3ccc(OC)c(Br)c3)c(=O)n2C1c1ccc(C)cc1. The number of ether oxygens (including phenoxy) is 2. The van der Waals surface area contributed by atoms with Crippen molar-refractivity contribution in [2.75, 3.05) is 13.7 Å². The van der Waals surface area contributed by atoms with E-state index < -0.39 is 12.0 Å². The van der Waals surface area contributed by atoms with E-state index in [0.717, 1.165) is 21.2 Å². The van der Waals surface area contributed by atoms with E-state index in [1.807, 2.05) is 55.5 Å². The number of methoxy groups -OCH3 is 1. The maximum absolute atomic E-state index is 13.6. The first-order valence-corrected chi connectivity index (χ1v) is 12.0. The Hall–Kier alpha value is -2.97. The minimum Gasteiger partial charge on any atom is -0.496 e. The zero-order valence-corrected chi connectivity index (χ0v) is 21.1. The number of carbonyl (C=O) groups is 1. The fourth-order valence-electron chi connectivity index (χ4n) is 3.78. The van der Waals surface area contributed by atoms with Gasteiger partial charge in [0, 0.05) is 0 Å². The Balaban J connectivity index is 1.93. The van der Waals surface area contributed by atoms with Gasteiger partial charge in [-0.2, -0.15) is 0 Å². The third-order valence-corrected chi connectivity index (χ3v) is 6.99. The molecule has 1 aliphatic rings. The predicted molar refractivity (Wildman–Crippen MR) is 132 cm³/mol. The lowest BCUT2D eigenvalue weighted by Crippen LogP contribution is -2.39. The first kappa shape index (κ1) is 23.2. The predicted octanol–water partition coefficient (Wildman–Crippen LogP) is 3.88. The number of aromatic nitrogens is 1. The molecular weight excluding hydrogens is 504 g/mol. The molecular formula is C25H23BrN2O4S. The second kappa shape index (κ2) is 9.49. The van der Waals surface area contributed by atoms with Gasteiger partial charge in [0.25, 0.3) is 5.56 Å². The van der Waals surface area contributed by atoms with E-state index in [0.29, 0.717) is 26.4 Å². The zero-order chi connectivity index (χ0) is 23.7. The molecule has 6 nitrogen and oxygen atoms in total. The molecule has 0 radical (unpaired) electrons. The van der Waals surface area contributed by atoms with Crippen molar-refractivity contribution in [3.63, 3.8) is 0 Å². The minimum atomic E-state index is -0.606. The zero-order valence-electron chi connectivity index (χ0n) is 18.7. The van der Waals surface area contributed by atoms with Gasteiger partial charge >= 0.3 is 5.97 Å². The molecule has 1 aromatic heterocycles. The number of rotatable bonds is 5. The summed E-state index contributed by atoms with van der Waals surface area (Å²) in [6, 6.07) is 12.8. The summed E-state index contributed by atoms with van der Waals surface area (Å²) in [5.74, 6) is 0.250. The summed E-state index contributed by atoms with van der Waals surface area (Å²) in [4.78, 5) is 31.6. The van der Waals surface area contributed by atoms with Crippen LogP contribution in [-0.4, -0.2) is 24.3 Å². The van der Waals surface area contributed by atoms with Crippen LogP contribution in [0.2, 0.25) is 0 Å². The number of thiazole rings is 1. The van der Waals surface area contributed by atoms with E-state index >= 15 is 0 Å². The number of esters is 1. The smallest absolute Gasteiger partial charge is 0.338 e. The fraction of sp³-hybridized carbons (Fsp3) is 0.240. The van der Waals surface area contributed by atoms with Crippen LogP contribution in [0.3, 0.4) is 0 Å². The molecule has 0 bridgehead atoms. The highest BCUT2D eigenvalue weighted by atomic mass is 79.9. The number of fused-ring (bicyclic) bond motifs is 1. The van der Waals surface area contributed by atoms with Gasteiger partial charge in [0.2, 0.25) is 0 Å². The Morgan fingerprint density at radius 1 is 1.21 bits per heavy atom. The molecule has 4 rings (SSSR count). The third kappa shape index (κ3) is 4.45. The standard InChI is InChI=1S/C25H23BrN2O4S/c1-5-32-24(30)21-15(3)27-25-28(22(21)17-9-6-14(2)7-10-17)23(29)20(33-25)13-16-8-11-19(31-4)18(26)12-16/h6-13,22H,5H2,1-4H3. The lowest BCUT2D eigenvalue weighted by atomic mass is 9.95. The van der Waals surface area contributed by atoms with Gasteiger partial charge in [-0.15, -0.1) is 0 Å². The highest BCUT2D eigenvalue weighted by Crippen LogP contribution is 2.31. The number of nitrogens with zero attached hydrogens (tertiary/aromatic N) is 2. The normalized spacial score (nSPS) is 15.8. The van der Waals surface area contributed by atoms with Crippen molar-refractivity contribution in [2.24, 2.45) is 4.99 Å². The average Bonchev–Trinajstić information content (AvgIpc) is 3.08.